The molecule has 0 nitrogen and oxygen atoms in total. The van der Waals surface area contributed by atoms with E-state index in [4.69, 9.17) is 0 Å². The molecule has 84 valence electrons. The van der Waals surface area contributed by atoms with E-state index in [1.54, 1.807) is 15.8 Å². The Morgan fingerprint density at radius 2 is 0.929 bits per heavy atom. The van der Waals surface area contributed by atoms with Gasteiger partial charge in [-0.25, -0.2) is 0 Å². The first kappa shape index (κ1) is 16.2. The van der Waals surface area contributed by atoms with E-state index in [1.165, 1.54) is 0 Å². The molecule has 0 aromatic heterocycles. The van der Waals surface area contributed by atoms with Crippen LogP contribution in [0.5, 0.6) is 0 Å². The van der Waals surface area contributed by atoms with Crippen LogP contribution in [0.25, 0.3) is 0 Å². The summed E-state index contributed by atoms with van der Waals surface area (Å²) >= 11 is 0.0302. The van der Waals surface area contributed by atoms with E-state index in [0.29, 0.717) is 0 Å². The molecule has 0 N–H and O–H groups in total. The Kier molecular flexibility index (Phi) is 8.69. The summed E-state index contributed by atoms with van der Waals surface area (Å²) in [5, 5.41) is 0. The van der Waals surface area contributed by atoms with Gasteiger partial charge < -0.3 is 0 Å². The zero-order valence-corrected chi connectivity index (χ0v) is 19.7. The number of rotatable bonds is 7. The Balaban J connectivity index is 3.23. The van der Waals surface area contributed by atoms with Crippen molar-refractivity contribution in [3.8, 4) is 0 Å². The second-order valence-electron chi connectivity index (χ2n) is 6.33. The van der Waals surface area contributed by atoms with Gasteiger partial charge in [-0.3, -0.25) is 0 Å². The fourth-order valence-corrected chi connectivity index (χ4v) is 32.7. The maximum absolute atomic E-state index is 2.54. The summed E-state index contributed by atoms with van der Waals surface area (Å²) in [7, 11) is -1.29. The fourth-order valence-electron chi connectivity index (χ4n) is 0.970. The zero-order valence-electron chi connectivity index (χ0n) is 10.7. The van der Waals surface area contributed by atoms with E-state index >= 15 is 0 Å². The molecule has 0 heterocycles. The monoisotopic (exact) mass is 620 g/mol. The SMILES string of the molecule is C[Si](C)(C)[CH2][Bi][CH2][CH2][Bi][CH2][Si](C)(C)C. The molecule has 0 aliphatic rings. The van der Waals surface area contributed by atoms with Crippen molar-refractivity contribution >= 4 is 62.6 Å². The summed E-state index contributed by atoms with van der Waals surface area (Å²) in [6, 6.07) is 0. The molecule has 0 aliphatic carbocycles. The molecule has 0 saturated carbocycles. The molecule has 0 rings (SSSR count). The summed E-state index contributed by atoms with van der Waals surface area (Å²) in [5.41, 5.74) is 0. The summed E-state index contributed by atoms with van der Waals surface area (Å²) in [5.74, 6) is 0. The van der Waals surface area contributed by atoms with E-state index in [-0.39, 0.29) is 46.5 Å². The van der Waals surface area contributed by atoms with Gasteiger partial charge in [-0.15, -0.1) is 0 Å². The fraction of sp³-hybridized carbons (Fsp3) is 1.00. The first-order valence-electron chi connectivity index (χ1n) is 5.47. The van der Waals surface area contributed by atoms with Gasteiger partial charge in [0.2, 0.25) is 0 Å². The van der Waals surface area contributed by atoms with Crippen molar-refractivity contribution in [2.75, 3.05) is 0 Å². The Hall–Kier alpha value is 2.20. The molecular formula is C10H26Bi2Si2. The first-order valence-corrected chi connectivity index (χ1v) is 22.7. The molecule has 0 amide bonds. The van der Waals surface area contributed by atoms with E-state index in [2.05, 4.69) is 39.3 Å². The predicted octanol–water partition coefficient (Wildman–Crippen LogP) is 3.82. The molecule has 14 heavy (non-hydrogen) atoms. The van der Waals surface area contributed by atoms with Gasteiger partial charge in [-0.2, -0.15) is 0 Å². The maximum atomic E-state index is 2.54. The van der Waals surface area contributed by atoms with Crippen LogP contribution in [0.4, 0.5) is 0 Å². The minimum absolute atomic E-state index is 0.0151. The average molecular weight is 620 g/mol. The van der Waals surface area contributed by atoms with Crippen LogP contribution in [0.2, 0.25) is 55.0 Å². The normalized spacial score (nSPS) is 13.3. The summed E-state index contributed by atoms with van der Waals surface area (Å²) in [6.45, 7) is 15.2. The summed E-state index contributed by atoms with van der Waals surface area (Å²) in [6.07, 6.45) is 0. The van der Waals surface area contributed by atoms with Crippen LogP contribution in [-0.4, -0.2) is 62.6 Å². The van der Waals surface area contributed by atoms with Crippen molar-refractivity contribution in [3.63, 3.8) is 0 Å². The Morgan fingerprint density at radius 1 is 0.643 bits per heavy atom. The first-order chi connectivity index (χ1) is 6.21. The average Bonchev–Trinajstić information content (AvgIpc) is 1.92. The molecular weight excluding hydrogens is 594 g/mol. The van der Waals surface area contributed by atoms with Crippen molar-refractivity contribution in [2.45, 2.75) is 55.0 Å². The Bertz CT molecular complexity index is 129. The number of hydrogen-bond donors (Lipinski definition) is 0. The van der Waals surface area contributed by atoms with Crippen LogP contribution >= 0.6 is 0 Å². The van der Waals surface area contributed by atoms with Crippen molar-refractivity contribution < 1.29 is 0 Å². The molecule has 0 aromatic rings. The molecule has 0 fully saturated rings. The molecule has 2 radical (unpaired) electrons. The van der Waals surface area contributed by atoms with Crippen LogP contribution in [0.1, 0.15) is 0 Å². The molecule has 0 unspecified atom stereocenters. The van der Waals surface area contributed by atoms with Gasteiger partial charge in [0.25, 0.3) is 0 Å². The van der Waals surface area contributed by atoms with E-state index in [1.807, 2.05) is 0 Å². The predicted molar refractivity (Wildman–Crippen MR) is 77.4 cm³/mol. The van der Waals surface area contributed by atoms with Crippen LogP contribution < -0.4 is 0 Å². The van der Waals surface area contributed by atoms with Gasteiger partial charge in [-0.1, -0.05) is 0 Å². The Labute approximate surface area is 116 Å². The van der Waals surface area contributed by atoms with Gasteiger partial charge in [0.15, 0.2) is 0 Å². The van der Waals surface area contributed by atoms with Crippen LogP contribution in [0.15, 0.2) is 0 Å². The van der Waals surface area contributed by atoms with Gasteiger partial charge in [0, 0.05) is 0 Å². The zero-order chi connectivity index (χ0) is 11.2. The van der Waals surface area contributed by atoms with E-state index in [9.17, 15) is 0 Å². The van der Waals surface area contributed by atoms with Crippen LogP contribution in [-0.2, 0) is 0 Å². The molecule has 0 atom stereocenters. The van der Waals surface area contributed by atoms with Crippen molar-refractivity contribution in [1.82, 2.24) is 0 Å². The minimum atomic E-state index is -0.645. The third kappa shape index (κ3) is 14.2. The second-order valence-corrected chi connectivity index (χ2v) is 31.5. The third-order valence-electron chi connectivity index (χ3n) is 1.59. The number of hydrogen-bond acceptors (Lipinski definition) is 0. The molecule has 0 saturated heterocycles. The summed E-state index contributed by atoms with van der Waals surface area (Å²) < 4.78 is 6.96. The van der Waals surface area contributed by atoms with Crippen molar-refractivity contribution in [2.24, 2.45) is 0 Å². The second kappa shape index (κ2) is 7.51. The van der Waals surface area contributed by atoms with Crippen molar-refractivity contribution in [1.29, 1.82) is 0 Å². The van der Waals surface area contributed by atoms with Crippen LogP contribution in [0.3, 0.4) is 0 Å². The van der Waals surface area contributed by atoms with Crippen LogP contribution in [0, 0.1) is 0 Å². The third-order valence-corrected chi connectivity index (χ3v) is 41.3. The molecule has 0 aromatic carbocycles. The van der Waals surface area contributed by atoms with Gasteiger partial charge in [-0.05, 0) is 0 Å². The standard InChI is InChI=1S/2C4H11Si.C2H4.2Bi/c2*1-5(2,3)4;1-2;;/h2*1H2,2-4H3;1-2H2;;. The van der Waals surface area contributed by atoms with E-state index < -0.39 is 16.1 Å². The molecule has 0 aliphatic heterocycles. The van der Waals surface area contributed by atoms with Gasteiger partial charge in [0.05, 0.1) is 0 Å². The molecule has 4 heteroatoms. The quantitative estimate of drug-likeness (QED) is 0.300. The summed E-state index contributed by atoms with van der Waals surface area (Å²) in [4.78, 5) is 0. The topological polar surface area (TPSA) is 0 Å². The Morgan fingerprint density at radius 3 is 1.14 bits per heavy atom. The van der Waals surface area contributed by atoms with Crippen molar-refractivity contribution in [3.05, 3.63) is 0 Å². The van der Waals surface area contributed by atoms with Gasteiger partial charge >= 0.3 is 118 Å². The van der Waals surface area contributed by atoms with E-state index in [0.717, 1.165) is 0 Å². The van der Waals surface area contributed by atoms with Gasteiger partial charge in [0.1, 0.15) is 0 Å². The molecule has 0 bridgehead atoms. The molecule has 0 spiro atoms.